The lowest BCUT2D eigenvalue weighted by atomic mass is 9.68. The van der Waals surface area contributed by atoms with Gasteiger partial charge in [-0.3, -0.25) is 4.90 Å². The first-order valence-corrected chi connectivity index (χ1v) is 11.8. The molecule has 0 saturated heterocycles. The van der Waals surface area contributed by atoms with Crippen LogP contribution in [0.4, 0.5) is 13.2 Å². The van der Waals surface area contributed by atoms with E-state index in [9.17, 15) is 13.2 Å². The Balaban J connectivity index is 0.00000259. The molecule has 9 heteroatoms. The summed E-state index contributed by atoms with van der Waals surface area (Å²) in [6, 6.07) is 8.29. The number of hydrogen-bond donors (Lipinski definition) is 1. The number of hydrogen-bond acceptors (Lipinski definition) is 4. The molecule has 1 aromatic carbocycles. The van der Waals surface area contributed by atoms with Gasteiger partial charge in [-0.25, -0.2) is 9.97 Å². The first-order chi connectivity index (χ1) is 15.3. The van der Waals surface area contributed by atoms with E-state index in [0.29, 0.717) is 49.2 Å². The first-order valence-electron chi connectivity index (χ1n) is 11.5. The Morgan fingerprint density at radius 1 is 1.12 bits per heavy atom. The normalized spacial score (nSPS) is 25.9. The van der Waals surface area contributed by atoms with E-state index in [2.05, 4.69) is 20.9 Å². The van der Waals surface area contributed by atoms with E-state index in [1.54, 1.807) is 0 Å². The molecule has 0 spiro atoms. The van der Waals surface area contributed by atoms with Crippen LogP contribution < -0.4 is 5.73 Å². The van der Waals surface area contributed by atoms with Gasteiger partial charge < -0.3 is 5.73 Å². The molecular formula is C24H29Cl2F3N4. The molecule has 2 fully saturated rings. The summed E-state index contributed by atoms with van der Waals surface area (Å²) in [4.78, 5) is 10.9. The maximum Gasteiger partial charge on any atom is 0.433 e. The van der Waals surface area contributed by atoms with Crippen LogP contribution >= 0.6 is 24.0 Å². The third-order valence-electron chi connectivity index (χ3n) is 7.58. The third-order valence-corrected chi connectivity index (χ3v) is 7.81. The molecule has 180 valence electrons. The SMILES string of the molecule is Cl.NCC1(c2cccc(Cl)c2)CCC(N2CCc3c(nc(C4CC4)nc3C(F)(F)F)C2)CC1. The molecule has 2 aromatic rings. The molecule has 2 saturated carbocycles. The molecule has 0 radical (unpaired) electrons. The molecule has 0 unspecified atom stereocenters. The number of benzene rings is 1. The van der Waals surface area contributed by atoms with Crippen molar-refractivity contribution >= 4 is 24.0 Å². The predicted octanol–water partition coefficient (Wildman–Crippen LogP) is 5.65. The molecule has 0 bridgehead atoms. The Kier molecular flexibility index (Phi) is 6.98. The van der Waals surface area contributed by atoms with E-state index >= 15 is 0 Å². The number of aromatic nitrogens is 2. The van der Waals surface area contributed by atoms with Crippen molar-refractivity contribution in [2.75, 3.05) is 13.1 Å². The van der Waals surface area contributed by atoms with Gasteiger partial charge in [0.2, 0.25) is 0 Å². The number of nitrogens with two attached hydrogens (primary N) is 1. The fourth-order valence-corrected chi connectivity index (χ4v) is 5.68. The van der Waals surface area contributed by atoms with Gasteiger partial charge in [0.25, 0.3) is 0 Å². The maximum absolute atomic E-state index is 13.7. The summed E-state index contributed by atoms with van der Waals surface area (Å²) in [6.07, 6.45) is 1.51. The molecule has 0 amide bonds. The van der Waals surface area contributed by atoms with E-state index in [1.165, 1.54) is 5.56 Å². The summed E-state index contributed by atoms with van der Waals surface area (Å²) in [5.41, 5.74) is 7.50. The van der Waals surface area contributed by atoms with Gasteiger partial charge in [-0.05, 0) is 62.6 Å². The van der Waals surface area contributed by atoms with Gasteiger partial charge in [-0.1, -0.05) is 23.7 Å². The molecular weight excluding hydrogens is 472 g/mol. The standard InChI is InChI=1S/C24H28ClF3N4.ClH/c25-17-3-1-2-16(12-17)23(14-29)9-6-18(7-10-23)32-11-8-19-20(13-32)30-22(15-4-5-15)31-21(19)24(26,27)28;/h1-3,12,15,18H,4-11,13-14,29H2;1H. The summed E-state index contributed by atoms with van der Waals surface area (Å²) in [6.45, 7) is 1.65. The minimum absolute atomic E-state index is 0. The largest absolute Gasteiger partial charge is 0.433 e. The van der Waals surface area contributed by atoms with Crippen LogP contribution in [0.25, 0.3) is 0 Å². The Bertz CT molecular complexity index is 1000. The zero-order valence-electron chi connectivity index (χ0n) is 18.4. The summed E-state index contributed by atoms with van der Waals surface area (Å²) in [5, 5.41) is 0.719. The van der Waals surface area contributed by atoms with Crippen LogP contribution in [0, 0.1) is 0 Å². The number of fused-ring (bicyclic) bond motifs is 1. The Morgan fingerprint density at radius 2 is 1.85 bits per heavy atom. The van der Waals surface area contributed by atoms with Gasteiger partial charge in [0.1, 0.15) is 5.82 Å². The lowest BCUT2D eigenvalue weighted by molar-refractivity contribution is -0.142. The average molecular weight is 501 g/mol. The van der Waals surface area contributed by atoms with Crippen molar-refractivity contribution in [2.45, 2.75) is 75.0 Å². The second-order valence-electron chi connectivity index (χ2n) is 9.57. The summed E-state index contributed by atoms with van der Waals surface area (Å²) in [7, 11) is 0. The smallest absolute Gasteiger partial charge is 0.330 e. The van der Waals surface area contributed by atoms with Crippen molar-refractivity contribution in [3.63, 3.8) is 0 Å². The topological polar surface area (TPSA) is 55.0 Å². The Morgan fingerprint density at radius 3 is 2.45 bits per heavy atom. The molecule has 2 aliphatic carbocycles. The predicted molar refractivity (Wildman–Crippen MR) is 125 cm³/mol. The van der Waals surface area contributed by atoms with Crippen LogP contribution in [0.3, 0.4) is 0 Å². The van der Waals surface area contributed by atoms with Crippen LogP contribution in [0.2, 0.25) is 5.02 Å². The van der Waals surface area contributed by atoms with Crippen molar-refractivity contribution in [3.8, 4) is 0 Å². The molecule has 0 atom stereocenters. The minimum atomic E-state index is -4.43. The monoisotopic (exact) mass is 500 g/mol. The highest BCUT2D eigenvalue weighted by Crippen LogP contribution is 2.44. The van der Waals surface area contributed by atoms with Crippen LogP contribution in [0.5, 0.6) is 0 Å². The van der Waals surface area contributed by atoms with Gasteiger partial charge in [0, 0.05) is 47.6 Å². The van der Waals surface area contributed by atoms with Crippen molar-refractivity contribution < 1.29 is 13.2 Å². The van der Waals surface area contributed by atoms with Gasteiger partial charge >= 0.3 is 6.18 Å². The second kappa shape index (κ2) is 9.33. The Hall–Kier alpha value is -1.41. The highest BCUT2D eigenvalue weighted by molar-refractivity contribution is 6.30. The van der Waals surface area contributed by atoms with Gasteiger partial charge in [0.05, 0.1) is 5.69 Å². The molecule has 3 aliphatic rings. The van der Waals surface area contributed by atoms with Crippen LogP contribution in [0.1, 0.15) is 72.8 Å². The summed E-state index contributed by atoms with van der Waals surface area (Å²) < 4.78 is 41.0. The van der Waals surface area contributed by atoms with E-state index in [0.717, 1.165) is 43.5 Å². The number of nitrogens with zero attached hydrogens (tertiary/aromatic N) is 3. The van der Waals surface area contributed by atoms with E-state index in [-0.39, 0.29) is 23.7 Å². The number of halogens is 5. The minimum Gasteiger partial charge on any atom is -0.330 e. The summed E-state index contributed by atoms with van der Waals surface area (Å²) in [5.74, 6) is 0.471. The zero-order chi connectivity index (χ0) is 22.5. The van der Waals surface area contributed by atoms with Crippen molar-refractivity contribution in [2.24, 2.45) is 5.73 Å². The highest BCUT2D eigenvalue weighted by Gasteiger charge is 2.42. The van der Waals surface area contributed by atoms with E-state index in [1.807, 2.05) is 18.2 Å². The lowest BCUT2D eigenvalue weighted by Crippen LogP contribution is -2.47. The molecule has 4 nitrogen and oxygen atoms in total. The fraction of sp³-hybridized carbons (Fsp3) is 0.583. The second-order valence-corrected chi connectivity index (χ2v) is 10.0. The van der Waals surface area contributed by atoms with Gasteiger partial charge in [-0.2, -0.15) is 13.2 Å². The van der Waals surface area contributed by atoms with Crippen molar-refractivity contribution in [1.82, 2.24) is 14.9 Å². The summed E-state index contributed by atoms with van der Waals surface area (Å²) >= 11 is 6.22. The zero-order valence-corrected chi connectivity index (χ0v) is 19.9. The average Bonchev–Trinajstić information content (AvgIpc) is 3.63. The molecule has 5 rings (SSSR count). The van der Waals surface area contributed by atoms with Crippen molar-refractivity contribution in [1.29, 1.82) is 0 Å². The first kappa shape index (κ1) is 24.7. The molecule has 2 N–H and O–H groups in total. The van der Waals surface area contributed by atoms with Crippen molar-refractivity contribution in [3.05, 3.63) is 57.6 Å². The van der Waals surface area contributed by atoms with Gasteiger partial charge in [-0.15, -0.1) is 12.4 Å². The highest BCUT2D eigenvalue weighted by atomic mass is 35.5. The Labute approximate surface area is 203 Å². The van der Waals surface area contributed by atoms with E-state index in [4.69, 9.17) is 17.3 Å². The van der Waals surface area contributed by atoms with Crippen LogP contribution in [0.15, 0.2) is 24.3 Å². The molecule has 1 aromatic heterocycles. The number of rotatable bonds is 4. The van der Waals surface area contributed by atoms with E-state index < -0.39 is 11.9 Å². The quantitative estimate of drug-likeness (QED) is 0.589. The van der Waals surface area contributed by atoms with Crippen LogP contribution in [-0.2, 0) is 24.6 Å². The lowest BCUT2D eigenvalue weighted by Gasteiger charge is -2.44. The molecule has 2 heterocycles. The third kappa shape index (κ3) is 4.88. The number of alkyl halides is 3. The molecule has 33 heavy (non-hydrogen) atoms. The maximum atomic E-state index is 13.7. The molecule has 1 aliphatic heterocycles. The van der Waals surface area contributed by atoms with Gasteiger partial charge in [0.15, 0.2) is 5.69 Å². The fourth-order valence-electron chi connectivity index (χ4n) is 5.49. The van der Waals surface area contributed by atoms with Crippen LogP contribution in [-0.4, -0.2) is 34.0 Å².